The molecule has 0 aromatic rings. The lowest BCUT2D eigenvalue weighted by atomic mass is 9.94. The van der Waals surface area contributed by atoms with Gasteiger partial charge in [0.15, 0.2) is 0 Å². The summed E-state index contributed by atoms with van der Waals surface area (Å²) in [6, 6.07) is 0. The molecule has 0 aliphatic carbocycles. The van der Waals surface area contributed by atoms with Crippen molar-refractivity contribution in [2.24, 2.45) is 11.3 Å². The van der Waals surface area contributed by atoms with Crippen molar-refractivity contribution in [2.45, 2.75) is 54.1 Å². The summed E-state index contributed by atoms with van der Waals surface area (Å²) in [5.41, 5.74) is -0.503. The molecule has 0 saturated heterocycles. The smallest absolute Gasteiger partial charge is 0.308 e. The number of carboxylic acids is 1. The number of rotatable bonds is 8. The molecular weight excluding hydrogens is 258 g/mol. The van der Waals surface area contributed by atoms with Gasteiger partial charge < -0.3 is 14.7 Å². The summed E-state index contributed by atoms with van der Waals surface area (Å²) in [4.78, 5) is 24.9. The van der Waals surface area contributed by atoms with Gasteiger partial charge in [0, 0.05) is 25.1 Å². The highest BCUT2D eigenvalue weighted by atomic mass is 16.5. The van der Waals surface area contributed by atoms with Crippen LogP contribution in [-0.2, 0) is 14.3 Å². The van der Waals surface area contributed by atoms with Crippen LogP contribution in [0.5, 0.6) is 0 Å². The average molecular weight is 287 g/mol. The lowest BCUT2D eigenvalue weighted by Gasteiger charge is -2.30. The molecule has 1 N–H and O–H groups in total. The second-order valence-electron chi connectivity index (χ2n) is 6.51. The topological polar surface area (TPSA) is 66.8 Å². The molecule has 0 aliphatic rings. The molecule has 0 fully saturated rings. The molecule has 5 nitrogen and oxygen atoms in total. The molecule has 5 heteroatoms. The number of carbonyl (C=O) groups excluding carboxylic acids is 1. The highest BCUT2D eigenvalue weighted by Crippen LogP contribution is 2.18. The van der Waals surface area contributed by atoms with Crippen molar-refractivity contribution in [2.75, 3.05) is 19.7 Å². The Hall–Kier alpha value is -1.10. The second kappa shape index (κ2) is 8.25. The molecule has 1 amide bonds. The zero-order valence-corrected chi connectivity index (χ0v) is 13.6. The standard InChI is InChI=1S/C15H29NO4/c1-11(2)20-9-7-8-16(10-12(3)13(17)18)14(19)15(4,5)6/h11-12H,7-10H2,1-6H3,(H,17,18). The predicted octanol–water partition coefficient (Wildman–Crippen LogP) is 2.40. The first-order valence-corrected chi connectivity index (χ1v) is 7.19. The van der Waals surface area contributed by atoms with E-state index in [1.165, 1.54) is 0 Å². The van der Waals surface area contributed by atoms with Crippen LogP contribution in [-0.4, -0.2) is 47.7 Å². The van der Waals surface area contributed by atoms with Crippen LogP contribution in [0.2, 0.25) is 0 Å². The van der Waals surface area contributed by atoms with Crippen LogP contribution in [0.25, 0.3) is 0 Å². The van der Waals surface area contributed by atoms with E-state index in [-0.39, 0.29) is 18.6 Å². The average Bonchev–Trinajstić information content (AvgIpc) is 2.30. The quantitative estimate of drug-likeness (QED) is 0.696. The van der Waals surface area contributed by atoms with Crippen LogP contribution >= 0.6 is 0 Å². The molecule has 0 radical (unpaired) electrons. The largest absolute Gasteiger partial charge is 0.481 e. The van der Waals surface area contributed by atoms with Gasteiger partial charge in [0.25, 0.3) is 0 Å². The SMILES string of the molecule is CC(C)OCCCN(CC(C)C(=O)O)C(=O)C(C)(C)C. The number of carbonyl (C=O) groups is 2. The van der Waals surface area contributed by atoms with Crippen LogP contribution in [0.15, 0.2) is 0 Å². The maximum atomic E-state index is 12.3. The Kier molecular flexibility index (Phi) is 7.79. The van der Waals surface area contributed by atoms with E-state index in [0.717, 1.165) is 0 Å². The van der Waals surface area contributed by atoms with E-state index >= 15 is 0 Å². The first-order valence-electron chi connectivity index (χ1n) is 7.19. The highest BCUT2D eigenvalue weighted by Gasteiger charge is 2.29. The Labute approximate surface area is 122 Å². The maximum Gasteiger partial charge on any atom is 0.308 e. The molecule has 0 aromatic carbocycles. The Balaban J connectivity index is 4.55. The molecule has 118 valence electrons. The fourth-order valence-corrected chi connectivity index (χ4v) is 1.73. The van der Waals surface area contributed by atoms with Gasteiger partial charge in [-0.15, -0.1) is 0 Å². The molecule has 0 bridgehead atoms. The Bertz CT molecular complexity index is 320. The van der Waals surface area contributed by atoms with Crippen molar-refractivity contribution in [3.63, 3.8) is 0 Å². The van der Waals surface area contributed by atoms with Crippen LogP contribution in [0, 0.1) is 11.3 Å². The summed E-state index contributed by atoms with van der Waals surface area (Å²) >= 11 is 0. The molecule has 1 atom stereocenters. The molecule has 0 rings (SSSR count). The molecule has 0 saturated carbocycles. The number of hydrogen-bond acceptors (Lipinski definition) is 3. The third-order valence-electron chi connectivity index (χ3n) is 2.87. The zero-order valence-electron chi connectivity index (χ0n) is 13.6. The third kappa shape index (κ3) is 7.48. The van der Waals surface area contributed by atoms with Gasteiger partial charge in [-0.1, -0.05) is 27.7 Å². The Morgan fingerprint density at radius 1 is 1.20 bits per heavy atom. The fraction of sp³-hybridized carbons (Fsp3) is 0.867. The van der Waals surface area contributed by atoms with Crippen molar-refractivity contribution in [3.8, 4) is 0 Å². The minimum atomic E-state index is -0.880. The van der Waals surface area contributed by atoms with E-state index in [9.17, 15) is 9.59 Å². The van der Waals surface area contributed by atoms with Crippen molar-refractivity contribution < 1.29 is 19.4 Å². The molecular formula is C15H29NO4. The van der Waals surface area contributed by atoms with Gasteiger partial charge >= 0.3 is 5.97 Å². The Morgan fingerprint density at radius 3 is 2.15 bits per heavy atom. The highest BCUT2D eigenvalue weighted by molar-refractivity contribution is 5.82. The van der Waals surface area contributed by atoms with Crippen LogP contribution in [0.4, 0.5) is 0 Å². The van der Waals surface area contributed by atoms with E-state index in [2.05, 4.69) is 0 Å². The van der Waals surface area contributed by atoms with Crippen molar-refractivity contribution >= 4 is 11.9 Å². The molecule has 20 heavy (non-hydrogen) atoms. The number of amides is 1. The van der Waals surface area contributed by atoms with Crippen LogP contribution in [0.1, 0.15) is 48.0 Å². The van der Waals surface area contributed by atoms with Crippen LogP contribution < -0.4 is 0 Å². The van der Waals surface area contributed by atoms with Gasteiger partial charge in [0.1, 0.15) is 0 Å². The van der Waals surface area contributed by atoms with E-state index < -0.39 is 17.3 Å². The zero-order chi connectivity index (χ0) is 15.9. The number of ether oxygens (including phenoxy) is 1. The first kappa shape index (κ1) is 18.9. The summed E-state index contributed by atoms with van der Waals surface area (Å²) in [6.45, 7) is 12.4. The van der Waals surface area contributed by atoms with E-state index in [1.54, 1.807) is 11.8 Å². The lowest BCUT2D eigenvalue weighted by Crippen LogP contribution is -2.43. The fourth-order valence-electron chi connectivity index (χ4n) is 1.73. The van der Waals surface area contributed by atoms with Gasteiger partial charge in [-0.25, -0.2) is 0 Å². The number of carboxylic acid groups (broad SMARTS) is 1. The van der Waals surface area contributed by atoms with Gasteiger partial charge in [-0.2, -0.15) is 0 Å². The summed E-state index contributed by atoms with van der Waals surface area (Å²) in [5, 5.41) is 9.00. The second-order valence-corrected chi connectivity index (χ2v) is 6.51. The minimum Gasteiger partial charge on any atom is -0.481 e. The number of nitrogens with zero attached hydrogens (tertiary/aromatic N) is 1. The van der Waals surface area contributed by atoms with Gasteiger partial charge in [0.2, 0.25) is 5.91 Å². The lowest BCUT2D eigenvalue weighted by molar-refractivity contribution is -0.145. The molecule has 0 aliphatic heterocycles. The van der Waals surface area contributed by atoms with Crippen LogP contribution in [0.3, 0.4) is 0 Å². The van der Waals surface area contributed by atoms with Crippen molar-refractivity contribution in [1.82, 2.24) is 4.90 Å². The number of aliphatic carboxylic acids is 1. The molecule has 0 spiro atoms. The first-order chi connectivity index (χ1) is 9.05. The summed E-state index contributed by atoms with van der Waals surface area (Å²) in [7, 11) is 0. The summed E-state index contributed by atoms with van der Waals surface area (Å²) < 4.78 is 5.46. The van der Waals surface area contributed by atoms with E-state index in [1.807, 2.05) is 34.6 Å². The van der Waals surface area contributed by atoms with Gasteiger partial charge in [-0.05, 0) is 20.3 Å². The molecule has 1 unspecified atom stereocenters. The summed E-state index contributed by atoms with van der Waals surface area (Å²) in [6.07, 6.45) is 0.881. The monoisotopic (exact) mass is 287 g/mol. The normalized spacial score (nSPS) is 13.3. The summed E-state index contributed by atoms with van der Waals surface area (Å²) in [5.74, 6) is -1.46. The third-order valence-corrected chi connectivity index (χ3v) is 2.87. The molecule has 0 aromatic heterocycles. The molecule has 0 heterocycles. The number of hydrogen-bond donors (Lipinski definition) is 1. The van der Waals surface area contributed by atoms with Crippen molar-refractivity contribution in [1.29, 1.82) is 0 Å². The maximum absolute atomic E-state index is 12.3. The van der Waals surface area contributed by atoms with E-state index in [4.69, 9.17) is 9.84 Å². The Morgan fingerprint density at radius 2 is 1.75 bits per heavy atom. The van der Waals surface area contributed by atoms with Crippen molar-refractivity contribution in [3.05, 3.63) is 0 Å². The van der Waals surface area contributed by atoms with Gasteiger partial charge in [-0.3, -0.25) is 9.59 Å². The minimum absolute atomic E-state index is 0.0184. The van der Waals surface area contributed by atoms with E-state index in [0.29, 0.717) is 19.6 Å². The predicted molar refractivity (Wildman–Crippen MR) is 78.5 cm³/mol. The van der Waals surface area contributed by atoms with Gasteiger partial charge in [0.05, 0.1) is 12.0 Å².